The minimum atomic E-state index is -0.204. The highest BCUT2D eigenvalue weighted by molar-refractivity contribution is 6.04. The summed E-state index contributed by atoms with van der Waals surface area (Å²) in [5.74, 6) is 1.60. The lowest BCUT2D eigenvalue weighted by atomic mass is 9.85. The molecule has 0 saturated heterocycles. The Kier molecular flexibility index (Phi) is 3.53. The topological polar surface area (TPSA) is 96.7 Å². The zero-order chi connectivity index (χ0) is 15.6. The number of nitrogens with one attached hydrogen (secondary N) is 2. The van der Waals surface area contributed by atoms with Gasteiger partial charge >= 0.3 is 0 Å². The van der Waals surface area contributed by atoms with Crippen LogP contribution in [0.3, 0.4) is 0 Å². The molecule has 1 aliphatic rings. The Labute approximate surface area is 132 Å². The molecule has 1 amide bonds. The van der Waals surface area contributed by atoms with Crippen LogP contribution in [-0.4, -0.2) is 32.8 Å². The standard InChI is InChI=1S/C16H17N5O2/c22-15(14-11-6-1-2-7-12(11)19-20-14)17-9-8-13-18-16(23-21-13)10-4-3-5-10/h1-2,6-7,10H,3-5,8-9H2,(H,17,22)(H,19,20). The smallest absolute Gasteiger partial charge is 0.272 e. The summed E-state index contributed by atoms with van der Waals surface area (Å²) in [5.41, 5.74) is 1.25. The molecule has 118 valence electrons. The average Bonchev–Trinajstić information content (AvgIpc) is 3.12. The Hall–Kier alpha value is -2.70. The van der Waals surface area contributed by atoms with Crippen molar-refractivity contribution < 1.29 is 9.32 Å². The maximum atomic E-state index is 12.2. The molecule has 1 aromatic carbocycles. The quantitative estimate of drug-likeness (QED) is 0.753. The predicted octanol–water partition coefficient (Wildman–Crippen LogP) is 2.19. The number of aromatic nitrogens is 4. The third-order valence-corrected chi connectivity index (χ3v) is 4.26. The van der Waals surface area contributed by atoms with Gasteiger partial charge in [0.2, 0.25) is 5.89 Å². The summed E-state index contributed by atoms with van der Waals surface area (Å²) < 4.78 is 5.26. The zero-order valence-electron chi connectivity index (χ0n) is 12.6. The highest BCUT2D eigenvalue weighted by atomic mass is 16.5. The second kappa shape index (κ2) is 5.83. The van der Waals surface area contributed by atoms with Crippen molar-refractivity contribution in [3.63, 3.8) is 0 Å². The van der Waals surface area contributed by atoms with Gasteiger partial charge in [0.1, 0.15) is 0 Å². The van der Waals surface area contributed by atoms with Crippen LogP contribution in [0.4, 0.5) is 0 Å². The molecular formula is C16H17N5O2. The lowest BCUT2D eigenvalue weighted by Gasteiger charge is -2.20. The Morgan fingerprint density at radius 2 is 2.22 bits per heavy atom. The molecule has 4 rings (SSSR count). The molecule has 0 unspecified atom stereocenters. The number of benzene rings is 1. The molecule has 0 spiro atoms. The normalized spacial score (nSPS) is 14.8. The molecule has 1 saturated carbocycles. The first-order valence-electron chi connectivity index (χ1n) is 7.85. The molecule has 0 bridgehead atoms. The fourth-order valence-electron chi connectivity index (χ4n) is 2.70. The van der Waals surface area contributed by atoms with Crippen molar-refractivity contribution in [1.29, 1.82) is 0 Å². The van der Waals surface area contributed by atoms with E-state index in [-0.39, 0.29) is 5.91 Å². The van der Waals surface area contributed by atoms with Crippen LogP contribution in [0.25, 0.3) is 10.9 Å². The van der Waals surface area contributed by atoms with Gasteiger partial charge in [0.15, 0.2) is 11.5 Å². The first-order chi connectivity index (χ1) is 11.3. The van der Waals surface area contributed by atoms with Crippen molar-refractivity contribution in [3.05, 3.63) is 41.7 Å². The molecule has 3 aromatic rings. The molecule has 2 heterocycles. The third kappa shape index (κ3) is 2.69. The van der Waals surface area contributed by atoms with Crippen LogP contribution < -0.4 is 5.32 Å². The zero-order valence-corrected chi connectivity index (χ0v) is 12.6. The summed E-state index contributed by atoms with van der Waals surface area (Å²) in [4.78, 5) is 16.6. The van der Waals surface area contributed by atoms with Gasteiger partial charge in [-0.3, -0.25) is 9.89 Å². The Balaban J connectivity index is 1.35. The monoisotopic (exact) mass is 311 g/mol. The molecule has 2 N–H and O–H groups in total. The third-order valence-electron chi connectivity index (χ3n) is 4.26. The lowest BCUT2D eigenvalue weighted by molar-refractivity contribution is 0.0950. The van der Waals surface area contributed by atoms with E-state index >= 15 is 0 Å². The summed E-state index contributed by atoms with van der Waals surface area (Å²) >= 11 is 0. The van der Waals surface area contributed by atoms with Gasteiger partial charge in [-0.25, -0.2) is 0 Å². The van der Waals surface area contributed by atoms with Crippen LogP contribution in [0.1, 0.15) is 47.4 Å². The SMILES string of the molecule is O=C(NCCc1noc(C2CCC2)n1)c1n[nH]c2ccccc12. The van der Waals surface area contributed by atoms with E-state index in [9.17, 15) is 4.79 Å². The number of fused-ring (bicyclic) bond motifs is 1. The highest BCUT2D eigenvalue weighted by Gasteiger charge is 2.25. The van der Waals surface area contributed by atoms with E-state index in [1.165, 1.54) is 6.42 Å². The number of aromatic amines is 1. The molecule has 23 heavy (non-hydrogen) atoms. The molecule has 1 fully saturated rings. The van der Waals surface area contributed by atoms with E-state index in [2.05, 4.69) is 25.7 Å². The van der Waals surface area contributed by atoms with Gasteiger partial charge in [0.05, 0.1) is 5.52 Å². The molecule has 0 aliphatic heterocycles. The van der Waals surface area contributed by atoms with E-state index in [1.807, 2.05) is 24.3 Å². The lowest BCUT2D eigenvalue weighted by Crippen LogP contribution is -2.26. The number of rotatable bonds is 5. The van der Waals surface area contributed by atoms with E-state index in [0.29, 0.717) is 30.4 Å². The van der Waals surface area contributed by atoms with Crippen molar-refractivity contribution in [2.24, 2.45) is 0 Å². The Morgan fingerprint density at radius 1 is 1.35 bits per heavy atom. The Morgan fingerprint density at radius 3 is 3.04 bits per heavy atom. The Bertz CT molecular complexity index is 834. The number of para-hydroxylation sites is 1. The van der Waals surface area contributed by atoms with Crippen molar-refractivity contribution in [2.75, 3.05) is 6.54 Å². The fraction of sp³-hybridized carbons (Fsp3) is 0.375. The minimum Gasteiger partial charge on any atom is -0.350 e. The summed E-state index contributed by atoms with van der Waals surface area (Å²) in [5, 5.41) is 14.6. The van der Waals surface area contributed by atoms with Gasteiger partial charge in [-0.05, 0) is 18.9 Å². The van der Waals surface area contributed by atoms with Gasteiger partial charge in [-0.2, -0.15) is 10.1 Å². The number of hydrogen-bond donors (Lipinski definition) is 2. The maximum Gasteiger partial charge on any atom is 0.272 e. The van der Waals surface area contributed by atoms with Gasteiger partial charge in [-0.1, -0.05) is 29.8 Å². The molecule has 1 aliphatic carbocycles. The van der Waals surface area contributed by atoms with Crippen LogP contribution in [0.5, 0.6) is 0 Å². The summed E-state index contributed by atoms with van der Waals surface area (Å²) in [6.45, 7) is 0.448. The number of carbonyl (C=O) groups is 1. The van der Waals surface area contributed by atoms with Crippen LogP contribution in [-0.2, 0) is 6.42 Å². The molecule has 0 radical (unpaired) electrons. The minimum absolute atomic E-state index is 0.204. The fourth-order valence-corrected chi connectivity index (χ4v) is 2.70. The highest BCUT2D eigenvalue weighted by Crippen LogP contribution is 2.35. The van der Waals surface area contributed by atoms with Gasteiger partial charge < -0.3 is 9.84 Å². The number of H-pyrrole nitrogens is 1. The van der Waals surface area contributed by atoms with Crippen LogP contribution >= 0.6 is 0 Å². The maximum absolute atomic E-state index is 12.2. The van der Waals surface area contributed by atoms with E-state index in [0.717, 1.165) is 29.6 Å². The van der Waals surface area contributed by atoms with Crippen molar-refractivity contribution in [1.82, 2.24) is 25.7 Å². The summed E-state index contributed by atoms with van der Waals surface area (Å²) in [7, 11) is 0. The number of nitrogens with zero attached hydrogens (tertiary/aromatic N) is 3. The second-order valence-electron chi connectivity index (χ2n) is 5.80. The molecule has 2 aromatic heterocycles. The van der Waals surface area contributed by atoms with Crippen molar-refractivity contribution in [2.45, 2.75) is 31.6 Å². The number of carbonyl (C=O) groups excluding carboxylic acids is 1. The first kappa shape index (κ1) is 13.9. The molecule has 7 nitrogen and oxygen atoms in total. The van der Waals surface area contributed by atoms with Gasteiger partial charge in [0, 0.05) is 24.3 Å². The predicted molar refractivity (Wildman–Crippen MR) is 83.0 cm³/mol. The van der Waals surface area contributed by atoms with Crippen molar-refractivity contribution in [3.8, 4) is 0 Å². The first-order valence-corrected chi connectivity index (χ1v) is 7.85. The van der Waals surface area contributed by atoms with E-state index in [4.69, 9.17) is 4.52 Å². The average molecular weight is 311 g/mol. The molecule has 7 heteroatoms. The van der Waals surface area contributed by atoms with Gasteiger partial charge in [0.25, 0.3) is 5.91 Å². The largest absolute Gasteiger partial charge is 0.350 e. The second-order valence-corrected chi connectivity index (χ2v) is 5.80. The van der Waals surface area contributed by atoms with Crippen molar-refractivity contribution >= 4 is 16.8 Å². The van der Waals surface area contributed by atoms with Crippen LogP contribution in [0.15, 0.2) is 28.8 Å². The molecular weight excluding hydrogens is 294 g/mol. The number of amides is 1. The summed E-state index contributed by atoms with van der Waals surface area (Å²) in [6, 6.07) is 7.55. The molecule has 0 atom stereocenters. The van der Waals surface area contributed by atoms with Gasteiger partial charge in [-0.15, -0.1) is 0 Å². The van der Waals surface area contributed by atoms with Crippen LogP contribution in [0.2, 0.25) is 0 Å². The summed E-state index contributed by atoms with van der Waals surface area (Å²) in [6.07, 6.45) is 4.04. The number of hydrogen-bond acceptors (Lipinski definition) is 5. The van der Waals surface area contributed by atoms with E-state index < -0.39 is 0 Å². The van der Waals surface area contributed by atoms with E-state index in [1.54, 1.807) is 0 Å². The van der Waals surface area contributed by atoms with Crippen LogP contribution in [0, 0.1) is 0 Å².